The lowest BCUT2D eigenvalue weighted by molar-refractivity contribution is 0.311. The van der Waals surface area contributed by atoms with Crippen molar-refractivity contribution in [1.82, 2.24) is 5.32 Å². The summed E-state index contributed by atoms with van der Waals surface area (Å²) in [5, 5.41) is 3.39. The van der Waals surface area contributed by atoms with Gasteiger partial charge in [0.1, 0.15) is 5.75 Å². The molecule has 0 fully saturated rings. The van der Waals surface area contributed by atoms with Gasteiger partial charge in [0, 0.05) is 12.1 Å². The van der Waals surface area contributed by atoms with Crippen LogP contribution in [0.4, 0.5) is 0 Å². The first-order chi connectivity index (χ1) is 7.79. The van der Waals surface area contributed by atoms with Gasteiger partial charge in [0.05, 0.1) is 11.1 Å². The number of halogens is 1. The summed E-state index contributed by atoms with van der Waals surface area (Å²) in [5.74, 6) is 0.980. The van der Waals surface area contributed by atoms with Gasteiger partial charge in [-0.25, -0.2) is 0 Å². The number of hydrogen-bond donors (Lipinski definition) is 1. The van der Waals surface area contributed by atoms with E-state index in [0.29, 0.717) is 0 Å². The van der Waals surface area contributed by atoms with Crippen molar-refractivity contribution in [3.05, 3.63) is 28.2 Å². The molecule has 1 rings (SSSR count). The normalized spacial score (nSPS) is 10.4. The maximum atomic E-state index is 5.76. The fourth-order valence-electron chi connectivity index (χ4n) is 1.46. The molecule has 2 nitrogen and oxygen atoms in total. The highest BCUT2D eigenvalue weighted by Crippen LogP contribution is 2.29. The molecule has 0 unspecified atom stereocenters. The molecular formula is C13H20BrNO. The third-order valence-electron chi connectivity index (χ3n) is 2.24. The maximum absolute atomic E-state index is 5.76. The minimum absolute atomic E-state index is 0.767. The molecule has 0 atom stereocenters. The summed E-state index contributed by atoms with van der Waals surface area (Å²) in [6.45, 7) is 6.96. The fourth-order valence-corrected chi connectivity index (χ4v) is 1.98. The zero-order valence-electron chi connectivity index (χ0n) is 10.1. The third-order valence-corrected chi connectivity index (χ3v) is 2.87. The zero-order valence-corrected chi connectivity index (χ0v) is 11.6. The molecule has 0 amide bonds. The maximum Gasteiger partial charge on any atom is 0.137 e. The van der Waals surface area contributed by atoms with E-state index in [2.05, 4.69) is 41.2 Å². The second-order valence-electron chi connectivity index (χ2n) is 3.75. The summed E-state index contributed by atoms with van der Waals surface area (Å²) in [4.78, 5) is 0. The highest BCUT2D eigenvalue weighted by atomic mass is 79.9. The molecule has 0 saturated heterocycles. The zero-order chi connectivity index (χ0) is 11.8. The van der Waals surface area contributed by atoms with E-state index in [1.807, 2.05) is 12.1 Å². The van der Waals surface area contributed by atoms with Crippen molar-refractivity contribution < 1.29 is 4.74 Å². The van der Waals surface area contributed by atoms with Crippen LogP contribution in [0.5, 0.6) is 5.75 Å². The minimum atomic E-state index is 0.767. The Kier molecular flexibility index (Phi) is 6.50. The Bertz CT molecular complexity index is 315. The Balaban J connectivity index is 2.68. The van der Waals surface area contributed by atoms with Crippen LogP contribution in [0.15, 0.2) is 22.7 Å². The van der Waals surface area contributed by atoms with Gasteiger partial charge in [-0.1, -0.05) is 26.0 Å². The molecule has 3 heteroatoms. The Labute approximate surface area is 107 Å². The quantitative estimate of drug-likeness (QED) is 0.771. The van der Waals surface area contributed by atoms with E-state index in [0.717, 1.165) is 42.8 Å². The van der Waals surface area contributed by atoms with Crippen LogP contribution < -0.4 is 10.1 Å². The van der Waals surface area contributed by atoms with Crippen LogP contribution in [0.2, 0.25) is 0 Å². The van der Waals surface area contributed by atoms with Gasteiger partial charge in [-0.05, 0) is 41.4 Å². The molecule has 1 N–H and O–H groups in total. The lowest BCUT2D eigenvalue weighted by Gasteiger charge is -2.13. The molecule has 16 heavy (non-hydrogen) atoms. The van der Waals surface area contributed by atoms with Crippen LogP contribution >= 0.6 is 15.9 Å². The Morgan fingerprint density at radius 2 is 2.06 bits per heavy atom. The van der Waals surface area contributed by atoms with Gasteiger partial charge in [-0.15, -0.1) is 0 Å². The fraction of sp³-hybridized carbons (Fsp3) is 0.538. The Morgan fingerprint density at radius 1 is 1.25 bits per heavy atom. The Morgan fingerprint density at radius 3 is 2.75 bits per heavy atom. The molecule has 0 aliphatic rings. The van der Waals surface area contributed by atoms with Crippen molar-refractivity contribution >= 4 is 15.9 Å². The summed E-state index contributed by atoms with van der Waals surface area (Å²) in [6, 6.07) is 6.18. The number of para-hydroxylation sites is 1. The SMILES string of the molecule is CCCNCc1cccc(Br)c1OCCC. The van der Waals surface area contributed by atoms with Crippen molar-refractivity contribution in [2.75, 3.05) is 13.2 Å². The van der Waals surface area contributed by atoms with Crippen LogP contribution in [-0.4, -0.2) is 13.2 Å². The standard InChI is InChI=1S/C13H20BrNO/c1-3-8-15-10-11-6-5-7-12(14)13(11)16-9-4-2/h5-7,15H,3-4,8-10H2,1-2H3. The van der Waals surface area contributed by atoms with E-state index in [4.69, 9.17) is 4.74 Å². The first kappa shape index (κ1) is 13.5. The van der Waals surface area contributed by atoms with Crippen molar-refractivity contribution in [2.45, 2.75) is 33.2 Å². The van der Waals surface area contributed by atoms with E-state index >= 15 is 0 Å². The number of ether oxygens (including phenoxy) is 1. The summed E-state index contributed by atoms with van der Waals surface area (Å²) in [5.41, 5.74) is 1.22. The van der Waals surface area contributed by atoms with Crippen LogP contribution in [0.25, 0.3) is 0 Å². The predicted molar refractivity (Wildman–Crippen MR) is 71.9 cm³/mol. The van der Waals surface area contributed by atoms with E-state index in [1.54, 1.807) is 0 Å². The molecule has 1 aromatic carbocycles. The molecular weight excluding hydrogens is 266 g/mol. The van der Waals surface area contributed by atoms with Gasteiger partial charge in [-0.2, -0.15) is 0 Å². The van der Waals surface area contributed by atoms with Crippen LogP contribution in [0.3, 0.4) is 0 Å². The smallest absolute Gasteiger partial charge is 0.137 e. The average Bonchev–Trinajstić information content (AvgIpc) is 2.28. The summed E-state index contributed by atoms with van der Waals surface area (Å²) < 4.78 is 6.80. The topological polar surface area (TPSA) is 21.3 Å². The lowest BCUT2D eigenvalue weighted by atomic mass is 10.2. The van der Waals surface area contributed by atoms with Gasteiger partial charge >= 0.3 is 0 Å². The van der Waals surface area contributed by atoms with E-state index in [9.17, 15) is 0 Å². The van der Waals surface area contributed by atoms with Gasteiger partial charge in [0.2, 0.25) is 0 Å². The summed E-state index contributed by atoms with van der Waals surface area (Å²) in [7, 11) is 0. The van der Waals surface area contributed by atoms with Crippen molar-refractivity contribution in [1.29, 1.82) is 0 Å². The third kappa shape index (κ3) is 4.14. The summed E-state index contributed by atoms with van der Waals surface area (Å²) in [6.07, 6.45) is 2.18. The highest BCUT2D eigenvalue weighted by Gasteiger charge is 2.06. The first-order valence-electron chi connectivity index (χ1n) is 5.90. The molecule has 0 aliphatic heterocycles. The molecule has 0 heterocycles. The van der Waals surface area contributed by atoms with Crippen LogP contribution in [0.1, 0.15) is 32.3 Å². The van der Waals surface area contributed by atoms with Gasteiger partial charge < -0.3 is 10.1 Å². The molecule has 0 aromatic heterocycles. The molecule has 0 saturated carbocycles. The van der Waals surface area contributed by atoms with E-state index in [-0.39, 0.29) is 0 Å². The largest absolute Gasteiger partial charge is 0.492 e. The van der Waals surface area contributed by atoms with Crippen molar-refractivity contribution in [3.8, 4) is 5.75 Å². The van der Waals surface area contributed by atoms with Crippen LogP contribution in [-0.2, 0) is 6.54 Å². The predicted octanol–water partition coefficient (Wildman–Crippen LogP) is 3.74. The monoisotopic (exact) mass is 285 g/mol. The van der Waals surface area contributed by atoms with Gasteiger partial charge in [-0.3, -0.25) is 0 Å². The average molecular weight is 286 g/mol. The molecule has 90 valence electrons. The highest BCUT2D eigenvalue weighted by molar-refractivity contribution is 9.10. The van der Waals surface area contributed by atoms with Crippen molar-refractivity contribution in [3.63, 3.8) is 0 Å². The van der Waals surface area contributed by atoms with E-state index < -0.39 is 0 Å². The molecule has 1 aromatic rings. The minimum Gasteiger partial charge on any atom is -0.492 e. The van der Waals surface area contributed by atoms with E-state index in [1.165, 1.54) is 5.56 Å². The van der Waals surface area contributed by atoms with Crippen LogP contribution in [0, 0.1) is 0 Å². The molecule has 0 spiro atoms. The number of benzene rings is 1. The van der Waals surface area contributed by atoms with Gasteiger partial charge in [0.25, 0.3) is 0 Å². The lowest BCUT2D eigenvalue weighted by Crippen LogP contribution is -2.15. The Hall–Kier alpha value is -0.540. The van der Waals surface area contributed by atoms with Gasteiger partial charge in [0.15, 0.2) is 0 Å². The number of rotatable bonds is 7. The molecule has 0 radical (unpaired) electrons. The number of nitrogens with one attached hydrogen (secondary N) is 1. The second kappa shape index (κ2) is 7.69. The van der Waals surface area contributed by atoms with Crippen molar-refractivity contribution in [2.24, 2.45) is 0 Å². The molecule has 0 bridgehead atoms. The number of hydrogen-bond acceptors (Lipinski definition) is 2. The second-order valence-corrected chi connectivity index (χ2v) is 4.61. The molecule has 0 aliphatic carbocycles. The first-order valence-corrected chi connectivity index (χ1v) is 6.69. The summed E-state index contributed by atoms with van der Waals surface area (Å²) >= 11 is 3.53.